The molecular formula is C14H20FN3O. The van der Waals surface area contributed by atoms with Crippen molar-refractivity contribution in [3.63, 3.8) is 0 Å². The standard InChI is InChI=1S/C14H20FN3O/c1-10(2)18-7-6-14(9-18,13(16)19)17-12-5-3-4-11(15)8-12/h3-5,8,10,17H,6-7,9H2,1-2H3,(H2,16,19). The molecule has 19 heavy (non-hydrogen) atoms. The maximum absolute atomic E-state index is 13.2. The maximum Gasteiger partial charge on any atom is 0.244 e. The molecule has 1 atom stereocenters. The lowest BCUT2D eigenvalue weighted by atomic mass is 9.97. The summed E-state index contributed by atoms with van der Waals surface area (Å²) in [5.41, 5.74) is 5.34. The molecule has 1 aliphatic heterocycles. The van der Waals surface area contributed by atoms with Crippen molar-refractivity contribution in [2.24, 2.45) is 5.73 Å². The van der Waals surface area contributed by atoms with E-state index in [9.17, 15) is 9.18 Å². The third kappa shape index (κ3) is 2.87. The molecule has 1 unspecified atom stereocenters. The summed E-state index contributed by atoms with van der Waals surface area (Å²) in [5.74, 6) is -0.719. The molecule has 1 fully saturated rings. The molecule has 1 aromatic rings. The van der Waals surface area contributed by atoms with Gasteiger partial charge in [0.1, 0.15) is 11.4 Å². The van der Waals surface area contributed by atoms with Gasteiger partial charge >= 0.3 is 0 Å². The van der Waals surface area contributed by atoms with Gasteiger partial charge in [0.15, 0.2) is 0 Å². The van der Waals surface area contributed by atoms with E-state index < -0.39 is 5.54 Å². The van der Waals surface area contributed by atoms with Crippen molar-refractivity contribution in [3.8, 4) is 0 Å². The molecule has 0 saturated carbocycles. The summed E-state index contributed by atoms with van der Waals surface area (Å²) >= 11 is 0. The number of halogens is 1. The number of nitrogens with zero attached hydrogens (tertiary/aromatic N) is 1. The number of benzene rings is 1. The first-order chi connectivity index (χ1) is 8.93. The van der Waals surface area contributed by atoms with Crippen molar-refractivity contribution < 1.29 is 9.18 Å². The summed E-state index contributed by atoms with van der Waals surface area (Å²) < 4.78 is 13.2. The minimum absolute atomic E-state index is 0.330. The van der Waals surface area contributed by atoms with Gasteiger partial charge in [-0.3, -0.25) is 9.69 Å². The number of nitrogens with two attached hydrogens (primary N) is 1. The van der Waals surface area contributed by atoms with Crippen molar-refractivity contribution in [2.45, 2.75) is 31.8 Å². The Morgan fingerprint density at radius 2 is 2.26 bits per heavy atom. The van der Waals surface area contributed by atoms with Crippen LogP contribution in [0.2, 0.25) is 0 Å². The minimum Gasteiger partial charge on any atom is -0.370 e. The fourth-order valence-corrected chi connectivity index (χ4v) is 2.49. The van der Waals surface area contributed by atoms with Gasteiger partial charge in [-0.2, -0.15) is 0 Å². The molecule has 104 valence electrons. The van der Waals surface area contributed by atoms with Crippen LogP contribution in [0.3, 0.4) is 0 Å². The molecule has 1 amide bonds. The van der Waals surface area contributed by atoms with Crippen LogP contribution in [0.5, 0.6) is 0 Å². The number of hydrogen-bond donors (Lipinski definition) is 2. The molecule has 1 aliphatic rings. The van der Waals surface area contributed by atoms with E-state index in [1.54, 1.807) is 12.1 Å². The number of likely N-dealkylation sites (tertiary alicyclic amines) is 1. The average Bonchev–Trinajstić information content (AvgIpc) is 2.75. The van der Waals surface area contributed by atoms with Gasteiger partial charge in [-0.1, -0.05) is 6.07 Å². The molecule has 1 heterocycles. The van der Waals surface area contributed by atoms with Gasteiger partial charge in [0, 0.05) is 24.8 Å². The molecule has 1 saturated heterocycles. The molecule has 0 spiro atoms. The van der Waals surface area contributed by atoms with Crippen LogP contribution in [0.25, 0.3) is 0 Å². The van der Waals surface area contributed by atoms with Gasteiger partial charge in [-0.15, -0.1) is 0 Å². The van der Waals surface area contributed by atoms with Crippen LogP contribution in [0, 0.1) is 5.82 Å². The molecule has 0 aliphatic carbocycles. The van der Waals surface area contributed by atoms with E-state index in [1.807, 2.05) is 0 Å². The second-order valence-corrected chi connectivity index (χ2v) is 5.40. The number of amides is 1. The largest absolute Gasteiger partial charge is 0.370 e. The normalized spacial score (nSPS) is 23.8. The van der Waals surface area contributed by atoms with Crippen LogP contribution < -0.4 is 11.1 Å². The van der Waals surface area contributed by atoms with Crippen LogP contribution in [-0.4, -0.2) is 35.5 Å². The van der Waals surface area contributed by atoms with E-state index in [0.29, 0.717) is 24.7 Å². The van der Waals surface area contributed by atoms with Gasteiger partial charge < -0.3 is 11.1 Å². The molecule has 2 rings (SSSR count). The lowest BCUT2D eigenvalue weighted by Gasteiger charge is -2.29. The highest BCUT2D eigenvalue weighted by molar-refractivity contribution is 5.88. The van der Waals surface area contributed by atoms with Crippen LogP contribution in [-0.2, 0) is 4.79 Å². The first kappa shape index (κ1) is 13.8. The van der Waals surface area contributed by atoms with E-state index in [2.05, 4.69) is 24.1 Å². The molecule has 0 radical (unpaired) electrons. The number of carbonyl (C=O) groups excluding carboxylic acids is 1. The SMILES string of the molecule is CC(C)N1CCC(Nc2cccc(F)c2)(C(N)=O)C1. The molecule has 5 heteroatoms. The van der Waals surface area contributed by atoms with Crippen LogP contribution >= 0.6 is 0 Å². The Morgan fingerprint density at radius 1 is 1.53 bits per heavy atom. The second-order valence-electron chi connectivity index (χ2n) is 5.40. The second kappa shape index (κ2) is 5.17. The lowest BCUT2D eigenvalue weighted by molar-refractivity contribution is -0.122. The Kier molecular flexibility index (Phi) is 3.75. The predicted molar refractivity (Wildman–Crippen MR) is 73.3 cm³/mol. The van der Waals surface area contributed by atoms with E-state index in [-0.39, 0.29) is 11.7 Å². The first-order valence-corrected chi connectivity index (χ1v) is 6.51. The van der Waals surface area contributed by atoms with Gasteiger partial charge in [0.25, 0.3) is 0 Å². The van der Waals surface area contributed by atoms with Gasteiger partial charge in [0.05, 0.1) is 0 Å². The summed E-state index contributed by atoms with van der Waals surface area (Å²) in [7, 11) is 0. The summed E-state index contributed by atoms with van der Waals surface area (Å²) in [6, 6.07) is 6.46. The van der Waals surface area contributed by atoms with Crippen LogP contribution in [0.1, 0.15) is 20.3 Å². The summed E-state index contributed by atoms with van der Waals surface area (Å²) in [5, 5.41) is 3.12. The van der Waals surface area contributed by atoms with Crippen LogP contribution in [0.15, 0.2) is 24.3 Å². The van der Waals surface area contributed by atoms with E-state index in [4.69, 9.17) is 5.73 Å². The van der Waals surface area contributed by atoms with Crippen LogP contribution in [0.4, 0.5) is 10.1 Å². The molecule has 1 aromatic carbocycles. The van der Waals surface area contributed by atoms with Gasteiger partial charge in [-0.05, 0) is 38.5 Å². The van der Waals surface area contributed by atoms with Crippen molar-refractivity contribution in [1.29, 1.82) is 0 Å². The Balaban J connectivity index is 2.20. The highest BCUT2D eigenvalue weighted by Gasteiger charge is 2.43. The highest BCUT2D eigenvalue weighted by Crippen LogP contribution is 2.27. The predicted octanol–water partition coefficient (Wildman–Crippen LogP) is 1.58. The molecule has 4 nitrogen and oxygen atoms in total. The third-order valence-electron chi connectivity index (χ3n) is 3.71. The minimum atomic E-state index is -0.807. The van der Waals surface area contributed by atoms with Gasteiger partial charge in [0.2, 0.25) is 5.91 Å². The van der Waals surface area contributed by atoms with E-state index in [0.717, 1.165) is 6.54 Å². The number of carbonyl (C=O) groups is 1. The van der Waals surface area contributed by atoms with Gasteiger partial charge in [-0.25, -0.2) is 4.39 Å². The Bertz CT molecular complexity index is 478. The first-order valence-electron chi connectivity index (χ1n) is 6.51. The lowest BCUT2D eigenvalue weighted by Crippen LogP contribution is -2.53. The number of anilines is 1. The Hall–Kier alpha value is -1.62. The molecule has 0 aromatic heterocycles. The van der Waals surface area contributed by atoms with E-state index in [1.165, 1.54) is 12.1 Å². The van der Waals surface area contributed by atoms with Crippen molar-refractivity contribution in [2.75, 3.05) is 18.4 Å². The fraction of sp³-hybridized carbons (Fsp3) is 0.500. The van der Waals surface area contributed by atoms with E-state index >= 15 is 0 Å². The maximum atomic E-state index is 13.2. The number of primary amides is 1. The fourth-order valence-electron chi connectivity index (χ4n) is 2.49. The summed E-state index contributed by atoms with van der Waals surface area (Å²) in [4.78, 5) is 14.0. The molecular weight excluding hydrogens is 245 g/mol. The zero-order chi connectivity index (χ0) is 14.0. The van der Waals surface area contributed by atoms with Crippen molar-refractivity contribution in [1.82, 2.24) is 4.90 Å². The monoisotopic (exact) mass is 265 g/mol. The molecule has 0 bridgehead atoms. The Labute approximate surface area is 112 Å². The molecule has 3 N–H and O–H groups in total. The van der Waals surface area contributed by atoms with Crippen molar-refractivity contribution >= 4 is 11.6 Å². The number of hydrogen-bond acceptors (Lipinski definition) is 3. The smallest absolute Gasteiger partial charge is 0.244 e. The third-order valence-corrected chi connectivity index (χ3v) is 3.71. The number of nitrogens with one attached hydrogen (secondary N) is 1. The summed E-state index contributed by atoms with van der Waals surface area (Å²) in [6.45, 7) is 5.53. The number of rotatable bonds is 4. The topological polar surface area (TPSA) is 58.4 Å². The quantitative estimate of drug-likeness (QED) is 0.869. The average molecular weight is 265 g/mol. The zero-order valence-electron chi connectivity index (χ0n) is 11.3. The van der Waals surface area contributed by atoms with Crippen molar-refractivity contribution in [3.05, 3.63) is 30.1 Å². The summed E-state index contributed by atoms with van der Waals surface area (Å²) in [6.07, 6.45) is 0.636. The zero-order valence-corrected chi connectivity index (χ0v) is 11.3. The highest BCUT2D eigenvalue weighted by atomic mass is 19.1. The Morgan fingerprint density at radius 3 is 2.79 bits per heavy atom.